The molecule has 0 heterocycles. The molecule has 12 N–H and O–H groups in total. The van der Waals surface area contributed by atoms with Gasteiger partial charge in [0.2, 0.25) is 17.7 Å². The highest BCUT2D eigenvalue weighted by atomic mass is 16.4. The number of guanidine groups is 1. The van der Waals surface area contributed by atoms with Crippen molar-refractivity contribution in [2.75, 3.05) is 6.54 Å². The predicted molar refractivity (Wildman–Crippen MR) is 141 cm³/mol. The molecule has 0 radical (unpaired) electrons. The molecule has 0 saturated heterocycles. The molecule has 1 aromatic carbocycles. The number of nitrogens with one attached hydrogen (secondary N) is 3. The molecule has 0 aliphatic rings. The number of carbonyl (C=O) groups excluding carboxylic acids is 3. The third-order valence-corrected chi connectivity index (χ3v) is 5.49. The number of aliphatic carboxylic acids is 3. The van der Waals surface area contributed by atoms with E-state index in [0.717, 1.165) is 5.56 Å². The summed E-state index contributed by atoms with van der Waals surface area (Å²) in [7, 11) is 0. The molecule has 0 fully saturated rings. The molecular formula is C24H35N7O9. The maximum atomic E-state index is 13.0. The number of carboxylic acids is 3. The Bertz CT molecular complexity index is 1080. The van der Waals surface area contributed by atoms with E-state index < -0.39 is 79.1 Å². The number of nitrogens with zero attached hydrogens (tertiary/aromatic N) is 1. The number of amides is 3. The topological polar surface area (TPSA) is 290 Å². The second-order valence-electron chi connectivity index (χ2n) is 8.80. The van der Waals surface area contributed by atoms with Crippen molar-refractivity contribution in [3.63, 3.8) is 0 Å². The van der Waals surface area contributed by atoms with Gasteiger partial charge in [0.25, 0.3) is 0 Å². The van der Waals surface area contributed by atoms with Crippen LogP contribution in [0.15, 0.2) is 35.3 Å². The highest BCUT2D eigenvalue weighted by Crippen LogP contribution is 2.06. The van der Waals surface area contributed by atoms with Crippen molar-refractivity contribution in [2.45, 2.75) is 62.7 Å². The first-order valence-corrected chi connectivity index (χ1v) is 12.2. The Labute approximate surface area is 229 Å². The maximum Gasteiger partial charge on any atom is 0.326 e. The molecule has 16 heteroatoms. The highest BCUT2D eigenvalue weighted by molar-refractivity contribution is 5.95. The third-order valence-electron chi connectivity index (χ3n) is 5.49. The van der Waals surface area contributed by atoms with Crippen LogP contribution in [0.3, 0.4) is 0 Å². The summed E-state index contributed by atoms with van der Waals surface area (Å²) in [5, 5.41) is 34.4. The molecule has 0 aliphatic heterocycles. The Hall–Kier alpha value is -4.73. The van der Waals surface area contributed by atoms with Gasteiger partial charge < -0.3 is 48.5 Å². The third kappa shape index (κ3) is 13.2. The van der Waals surface area contributed by atoms with E-state index in [1.165, 1.54) is 0 Å². The van der Waals surface area contributed by atoms with Crippen LogP contribution < -0.4 is 33.2 Å². The summed E-state index contributed by atoms with van der Waals surface area (Å²) in [5.74, 6) is -7.33. The lowest BCUT2D eigenvalue weighted by molar-refractivity contribution is -0.143. The maximum absolute atomic E-state index is 13.0. The number of rotatable bonds is 18. The van der Waals surface area contributed by atoms with Gasteiger partial charge in [-0.25, -0.2) is 4.79 Å². The van der Waals surface area contributed by atoms with Crippen molar-refractivity contribution in [1.29, 1.82) is 0 Å². The smallest absolute Gasteiger partial charge is 0.326 e. The van der Waals surface area contributed by atoms with Crippen molar-refractivity contribution in [1.82, 2.24) is 16.0 Å². The minimum absolute atomic E-state index is 0.0780. The van der Waals surface area contributed by atoms with E-state index in [4.69, 9.17) is 22.3 Å². The minimum Gasteiger partial charge on any atom is -0.481 e. The molecule has 0 bridgehead atoms. The van der Waals surface area contributed by atoms with Gasteiger partial charge in [-0.15, -0.1) is 0 Å². The van der Waals surface area contributed by atoms with Crippen molar-refractivity contribution in [3.8, 4) is 0 Å². The standard InChI is InChI=1S/C24H35N7O9/c25-14(11-13-5-2-1-3-6-13)20(36)29-15(8-9-18(32)33)21(37)31-17(12-19(34)35)22(38)30-16(23(39)40)7-4-10-28-24(26)27/h1-3,5-6,14-17H,4,7-12,25H2,(H,29,36)(H,30,38)(H,31,37)(H,32,33)(H,34,35)(H,39,40)(H4,26,27,28). The van der Waals surface area contributed by atoms with Crippen LogP contribution in [0.2, 0.25) is 0 Å². The number of hydrogen-bond acceptors (Lipinski definition) is 8. The number of benzene rings is 1. The molecular weight excluding hydrogens is 530 g/mol. The average Bonchev–Trinajstić information content (AvgIpc) is 2.87. The van der Waals surface area contributed by atoms with Crippen molar-refractivity contribution < 1.29 is 44.1 Å². The van der Waals surface area contributed by atoms with Crippen molar-refractivity contribution in [2.24, 2.45) is 22.2 Å². The zero-order chi connectivity index (χ0) is 30.2. The molecule has 0 spiro atoms. The Morgan fingerprint density at radius 3 is 1.90 bits per heavy atom. The van der Waals surface area contributed by atoms with E-state index in [1.54, 1.807) is 30.3 Å². The van der Waals surface area contributed by atoms with Crippen molar-refractivity contribution >= 4 is 41.6 Å². The van der Waals surface area contributed by atoms with Crippen LogP contribution >= 0.6 is 0 Å². The summed E-state index contributed by atoms with van der Waals surface area (Å²) in [6.45, 7) is 0.0780. The molecule has 16 nitrogen and oxygen atoms in total. The van der Waals surface area contributed by atoms with Gasteiger partial charge in [-0.05, 0) is 31.2 Å². The zero-order valence-corrected chi connectivity index (χ0v) is 21.6. The van der Waals surface area contributed by atoms with E-state index in [-0.39, 0.29) is 31.8 Å². The van der Waals surface area contributed by atoms with Crippen molar-refractivity contribution in [3.05, 3.63) is 35.9 Å². The number of carbonyl (C=O) groups is 6. The van der Waals surface area contributed by atoms with E-state index in [2.05, 4.69) is 20.9 Å². The second kappa shape index (κ2) is 17.0. The van der Waals surface area contributed by atoms with Gasteiger partial charge in [0.1, 0.15) is 18.1 Å². The molecule has 0 aliphatic carbocycles. The lowest BCUT2D eigenvalue weighted by Gasteiger charge is -2.24. The summed E-state index contributed by atoms with van der Waals surface area (Å²) in [6, 6.07) is 2.96. The largest absolute Gasteiger partial charge is 0.481 e. The first-order chi connectivity index (χ1) is 18.8. The number of carboxylic acid groups (broad SMARTS) is 3. The van der Waals surface area contributed by atoms with Gasteiger partial charge in [-0.2, -0.15) is 0 Å². The molecule has 0 saturated carbocycles. The predicted octanol–water partition coefficient (Wildman–Crippen LogP) is -2.51. The summed E-state index contributed by atoms with van der Waals surface area (Å²) >= 11 is 0. The van der Waals surface area contributed by atoms with Gasteiger partial charge in [-0.3, -0.25) is 29.0 Å². The summed E-state index contributed by atoms with van der Waals surface area (Å²) < 4.78 is 0. The van der Waals surface area contributed by atoms with Crippen LogP contribution in [0.25, 0.3) is 0 Å². The fourth-order valence-electron chi connectivity index (χ4n) is 3.47. The Balaban J connectivity index is 2.98. The monoisotopic (exact) mass is 565 g/mol. The van der Waals surface area contributed by atoms with Crippen LogP contribution in [-0.4, -0.2) is 87.6 Å². The molecule has 0 aromatic heterocycles. The highest BCUT2D eigenvalue weighted by Gasteiger charge is 2.31. The number of hydrogen-bond donors (Lipinski definition) is 9. The van der Waals surface area contributed by atoms with Gasteiger partial charge in [0.05, 0.1) is 12.5 Å². The summed E-state index contributed by atoms with van der Waals surface area (Å²) in [4.78, 5) is 76.2. The Morgan fingerprint density at radius 1 is 0.775 bits per heavy atom. The Morgan fingerprint density at radius 2 is 1.35 bits per heavy atom. The quantitative estimate of drug-likeness (QED) is 0.0506. The fourth-order valence-corrected chi connectivity index (χ4v) is 3.47. The minimum atomic E-state index is -1.74. The molecule has 3 amide bonds. The molecule has 1 aromatic rings. The second-order valence-corrected chi connectivity index (χ2v) is 8.80. The number of aliphatic imine (C=N–C) groups is 1. The van der Waals surface area contributed by atoms with Gasteiger partial charge >= 0.3 is 17.9 Å². The first kappa shape index (κ1) is 33.3. The average molecular weight is 566 g/mol. The first-order valence-electron chi connectivity index (χ1n) is 12.2. The normalized spacial score (nSPS) is 13.5. The lowest BCUT2D eigenvalue weighted by atomic mass is 10.0. The van der Waals surface area contributed by atoms with Gasteiger partial charge in [0, 0.05) is 13.0 Å². The fraction of sp³-hybridized carbons (Fsp3) is 0.458. The van der Waals surface area contributed by atoms with Crippen LogP contribution in [0.5, 0.6) is 0 Å². The Kier molecular flexibility index (Phi) is 14.1. The van der Waals surface area contributed by atoms with Crippen LogP contribution in [0.1, 0.15) is 37.7 Å². The molecule has 4 atom stereocenters. The van der Waals surface area contributed by atoms with Crippen LogP contribution in [-0.2, 0) is 35.2 Å². The molecule has 1 rings (SSSR count). The van der Waals surface area contributed by atoms with E-state index in [9.17, 15) is 39.0 Å². The van der Waals surface area contributed by atoms with Crippen LogP contribution in [0.4, 0.5) is 0 Å². The van der Waals surface area contributed by atoms with Gasteiger partial charge in [-0.1, -0.05) is 30.3 Å². The summed E-state index contributed by atoms with van der Waals surface area (Å²) in [5.41, 5.74) is 17.1. The number of nitrogens with two attached hydrogens (primary N) is 3. The van der Waals surface area contributed by atoms with E-state index in [1.807, 2.05) is 0 Å². The molecule has 4 unspecified atom stereocenters. The van der Waals surface area contributed by atoms with E-state index >= 15 is 0 Å². The molecule has 40 heavy (non-hydrogen) atoms. The zero-order valence-electron chi connectivity index (χ0n) is 21.6. The summed E-state index contributed by atoms with van der Waals surface area (Å²) in [6.07, 6.45) is -1.69. The SMILES string of the molecule is NC(N)=NCCCC(NC(=O)C(CC(=O)O)NC(=O)C(CCC(=O)O)NC(=O)C(N)Cc1ccccc1)C(=O)O. The van der Waals surface area contributed by atoms with Gasteiger partial charge in [0.15, 0.2) is 5.96 Å². The van der Waals surface area contributed by atoms with Crippen LogP contribution in [0, 0.1) is 0 Å². The molecule has 220 valence electrons. The lowest BCUT2D eigenvalue weighted by Crippen LogP contribution is -2.57. The van der Waals surface area contributed by atoms with E-state index in [0.29, 0.717) is 0 Å².